The Morgan fingerprint density at radius 1 is 0.750 bits per heavy atom. The molecule has 242 valence electrons. The maximum absolute atomic E-state index is 12.2. The Hall–Kier alpha value is -3.85. The molecule has 1 aliphatic carbocycles. The van der Waals surface area contributed by atoms with Gasteiger partial charge in [0.2, 0.25) is 0 Å². The van der Waals surface area contributed by atoms with Crippen LogP contribution in [0.3, 0.4) is 0 Å². The number of aryl methyl sites for hydroxylation is 1. The normalized spacial score (nSPS) is 13.4. The molecule has 1 saturated carbocycles. The van der Waals surface area contributed by atoms with E-state index in [1.807, 2.05) is 0 Å². The summed E-state index contributed by atoms with van der Waals surface area (Å²) in [6.07, 6.45) is 7.88. The Morgan fingerprint density at radius 2 is 1.30 bits per heavy atom. The summed E-state index contributed by atoms with van der Waals surface area (Å²) in [6.45, 7) is 5.52. The molecule has 0 bridgehead atoms. The average Bonchev–Trinajstić information content (AvgIpc) is 2.96. The lowest BCUT2D eigenvalue weighted by Gasteiger charge is -2.21. The van der Waals surface area contributed by atoms with Crippen molar-refractivity contribution in [3.8, 4) is 0 Å². The molecule has 14 heteroatoms. The predicted molar refractivity (Wildman–Crippen MR) is 156 cm³/mol. The maximum atomic E-state index is 12.2. The van der Waals surface area contributed by atoms with E-state index in [-0.39, 0.29) is 24.3 Å². The molecule has 0 aliphatic heterocycles. The van der Waals surface area contributed by atoms with Gasteiger partial charge in [-0.1, -0.05) is 44.2 Å². The van der Waals surface area contributed by atoms with Crippen LogP contribution in [0, 0.1) is 19.8 Å². The number of esters is 1. The summed E-state index contributed by atoms with van der Waals surface area (Å²) in [5.41, 5.74) is -0.118. The fourth-order valence-corrected chi connectivity index (χ4v) is 5.73. The summed E-state index contributed by atoms with van der Waals surface area (Å²) in [6, 6.07) is 6.06. The number of hydrogen-bond donors (Lipinski definition) is 4. The van der Waals surface area contributed by atoms with E-state index in [4.69, 9.17) is 29.0 Å². The summed E-state index contributed by atoms with van der Waals surface area (Å²) >= 11 is 0. The zero-order valence-electron chi connectivity index (χ0n) is 24.6. The van der Waals surface area contributed by atoms with Gasteiger partial charge >= 0.3 is 23.9 Å². The van der Waals surface area contributed by atoms with Gasteiger partial charge in [-0.05, 0) is 55.5 Å². The third kappa shape index (κ3) is 11.0. The Bertz CT molecular complexity index is 1390. The summed E-state index contributed by atoms with van der Waals surface area (Å²) in [5.74, 6) is -4.05. The number of carbonyl (C=O) groups excluding carboxylic acids is 1. The van der Waals surface area contributed by atoms with Crippen LogP contribution in [0.4, 0.5) is 0 Å². The number of rotatable bonds is 14. The predicted octanol–water partition coefficient (Wildman–Crippen LogP) is 4.49. The molecule has 3 rings (SSSR count). The molecule has 0 amide bonds. The quantitative estimate of drug-likeness (QED) is 0.128. The van der Waals surface area contributed by atoms with Gasteiger partial charge in [0.25, 0.3) is 10.1 Å². The minimum Gasteiger partial charge on any atom is -0.478 e. The van der Waals surface area contributed by atoms with Crippen LogP contribution in [0.1, 0.15) is 91.1 Å². The molecule has 0 atom stereocenters. The van der Waals surface area contributed by atoms with Crippen LogP contribution in [-0.2, 0) is 24.3 Å². The van der Waals surface area contributed by atoms with E-state index < -0.39 is 50.0 Å². The summed E-state index contributed by atoms with van der Waals surface area (Å²) in [7, 11) is -4.92. The van der Waals surface area contributed by atoms with Crippen molar-refractivity contribution in [2.75, 3.05) is 33.0 Å². The molecule has 0 heterocycles. The lowest BCUT2D eigenvalue weighted by molar-refractivity contribution is 0.0124. The van der Waals surface area contributed by atoms with Crippen LogP contribution in [-0.4, -0.2) is 85.2 Å². The lowest BCUT2D eigenvalue weighted by atomic mass is 9.87. The van der Waals surface area contributed by atoms with Crippen molar-refractivity contribution in [1.82, 2.24) is 0 Å². The highest BCUT2D eigenvalue weighted by atomic mass is 32.2. The first kappa shape index (κ1) is 36.3. The topological polar surface area (TPSA) is 211 Å². The van der Waals surface area contributed by atoms with E-state index in [1.54, 1.807) is 26.0 Å². The summed E-state index contributed by atoms with van der Waals surface area (Å²) in [4.78, 5) is 43.7. The fourth-order valence-electron chi connectivity index (χ4n) is 4.87. The van der Waals surface area contributed by atoms with E-state index in [9.17, 15) is 32.7 Å². The molecule has 0 aromatic heterocycles. The van der Waals surface area contributed by atoms with Crippen molar-refractivity contribution in [2.45, 2.75) is 57.3 Å². The Labute approximate surface area is 255 Å². The van der Waals surface area contributed by atoms with Crippen molar-refractivity contribution >= 4 is 34.0 Å². The highest BCUT2D eigenvalue weighted by molar-refractivity contribution is 7.86. The van der Waals surface area contributed by atoms with Crippen LogP contribution >= 0.6 is 0 Å². The van der Waals surface area contributed by atoms with E-state index in [2.05, 4.69) is 0 Å². The number of aromatic carboxylic acids is 3. The van der Waals surface area contributed by atoms with Crippen molar-refractivity contribution in [3.63, 3.8) is 0 Å². The third-order valence-corrected chi connectivity index (χ3v) is 8.02. The van der Waals surface area contributed by atoms with E-state index >= 15 is 0 Å². The Balaban J connectivity index is 0.000000358. The van der Waals surface area contributed by atoms with Crippen LogP contribution < -0.4 is 0 Å². The molecule has 44 heavy (non-hydrogen) atoms. The van der Waals surface area contributed by atoms with E-state index in [0.29, 0.717) is 24.3 Å². The van der Waals surface area contributed by atoms with Gasteiger partial charge in [0.05, 0.1) is 42.1 Å². The van der Waals surface area contributed by atoms with Gasteiger partial charge in [0.15, 0.2) is 0 Å². The maximum Gasteiger partial charge on any atom is 0.338 e. The average molecular weight is 639 g/mol. The SMILES string of the molecule is Cc1ccc(C(=O)OCCOCCOCCC2CCCCC2)c(C)c1C(=O)O.O=C(O)c1cccc(C(=O)O)c1S(=O)(=O)O. The van der Waals surface area contributed by atoms with Crippen LogP contribution in [0.15, 0.2) is 35.2 Å². The number of hydrogen-bond acceptors (Lipinski definition) is 9. The summed E-state index contributed by atoms with van der Waals surface area (Å²) in [5, 5.41) is 26.6. The molecule has 1 aliphatic rings. The smallest absolute Gasteiger partial charge is 0.338 e. The minimum atomic E-state index is -4.92. The molecule has 0 unspecified atom stereocenters. The second-order valence-corrected chi connectivity index (χ2v) is 11.5. The van der Waals surface area contributed by atoms with E-state index in [1.165, 1.54) is 32.1 Å². The first-order valence-corrected chi connectivity index (χ1v) is 15.4. The highest BCUT2D eigenvalue weighted by Crippen LogP contribution is 2.26. The largest absolute Gasteiger partial charge is 0.478 e. The summed E-state index contributed by atoms with van der Waals surface area (Å²) < 4.78 is 46.8. The van der Waals surface area contributed by atoms with Gasteiger partial charge in [0.1, 0.15) is 11.5 Å². The first-order valence-electron chi connectivity index (χ1n) is 14.0. The van der Waals surface area contributed by atoms with Gasteiger partial charge < -0.3 is 29.5 Å². The third-order valence-electron chi connectivity index (χ3n) is 7.07. The number of benzene rings is 2. The van der Waals surface area contributed by atoms with E-state index in [0.717, 1.165) is 37.1 Å². The minimum absolute atomic E-state index is 0.122. The number of ether oxygens (including phenoxy) is 3. The number of carboxylic acid groups (broad SMARTS) is 3. The van der Waals surface area contributed by atoms with Gasteiger partial charge in [-0.2, -0.15) is 8.42 Å². The van der Waals surface area contributed by atoms with Gasteiger partial charge in [-0.25, -0.2) is 19.2 Å². The van der Waals surface area contributed by atoms with Crippen molar-refractivity contribution < 1.29 is 61.7 Å². The molecule has 13 nitrogen and oxygen atoms in total. The molecule has 1 fully saturated rings. The molecule has 4 N–H and O–H groups in total. The molecular weight excluding hydrogens is 600 g/mol. The van der Waals surface area contributed by atoms with Gasteiger partial charge in [0, 0.05) is 6.61 Å². The lowest BCUT2D eigenvalue weighted by Crippen LogP contribution is -2.16. The number of carbonyl (C=O) groups is 4. The van der Waals surface area contributed by atoms with Gasteiger partial charge in [-0.3, -0.25) is 4.55 Å². The second kappa shape index (κ2) is 17.4. The Morgan fingerprint density at radius 3 is 1.82 bits per heavy atom. The van der Waals surface area contributed by atoms with Crippen molar-refractivity contribution in [3.05, 3.63) is 63.7 Å². The first-order chi connectivity index (χ1) is 20.8. The highest BCUT2D eigenvalue weighted by Gasteiger charge is 2.27. The van der Waals surface area contributed by atoms with Crippen LogP contribution in [0.25, 0.3) is 0 Å². The van der Waals surface area contributed by atoms with Crippen molar-refractivity contribution in [2.24, 2.45) is 5.92 Å². The molecule has 0 radical (unpaired) electrons. The zero-order chi connectivity index (χ0) is 32.9. The van der Waals surface area contributed by atoms with Crippen LogP contribution in [0.5, 0.6) is 0 Å². The second-order valence-electron chi connectivity index (χ2n) is 10.2. The zero-order valence-corrected chi connectivity index (χ0v) is 25.4. The monoisotopic (exact) mass is 638 g/mol. The fraction of sp³-hybridized carbons (Fsp3) is 0.467. The van der Waals surface area contributed by atoms with Gasteiger partial charge in [-0.15, -0.1) is 0 Å². The molecule has 0 saturated heterocycles. The Kier molecular flexibility index (Phi) is 14.4. The molecular formula is C30H38O13S. The standard InChI is InChI=1S/C22H32O6.C8H6O7S/c1-16-8-9-19(17(2)20(16)21(23)24)22(25)28-15-14-27-13-12-26-11-10-18-6-4-3-5-7-18;9-7(10)4-2-1-3-5(8(11)12)6(4)16(13,14)15/h8-9,18H,3-7,10-15H2,1-2H3,(H,23,24);1-3H,(H,9,10)(H,11,12)(H,13,14,15). The molecule has 2 aromatic carbocycles. The molecule has 0 spiro atoms. The van der Waals surface area contributed by atoms with Crippen LogP contribution in [0.2, 0.25) is 0 Å². The molecule has 2 aromatic rings. The number of carboxylic acids is 3. The van der Waals surface area contributed by atoms with Crippen molar-refractivity contribution in [1.29, 1.82) is 0 Å².